The first kappa shape index (κ1) is 15.6. The molecule has 0 bridgehead atoms. The third-order valence-corrected chi connectivity index (χ3v) is 4.57. The highest BCUT2D eigenvalue weighted by Crippen LogP contribution is 2.43. The molecule has 1 N–H and O–H groups in total. The first-order valence-corrected chi connectivity index (χ1v) is 7.55. The van der Waals surface area contributed by atoms with Crippen molar-refractivity contribution in [3.8, 4) is 5.75 Å². The van der Waals surface area contributed by atoms with E-state index in [2.05, 4.69) is 26.0 Å². The zero-order valence-electron chi connectivity index (χ0n) is 13.0. The lowest BCUT2D eigenvalue weighted by molar-refractivity contribution is 0.0727. The highest BCUT2D eigenvalue weighted by molar-refractivity contribution is 5.34. The third-order valence-electron chi connectivity index (χ3n) is 4.57. The van der Waals surface area contributed by atoms with E-state index in [0.717, 1.165) is 24.2 Å². The molecule has 0 saturated heterocycles. The van der Waals surface area contributed by atoms with Crippen molar-refractivity contribution in [2.24, 2.45) is 0 Å². The monoisotopic (exact) mass is 284 g/mol. The Bertz CT molecular complexity index is 542. The van der Waals surface area contributed by atoms with Crippen LogP contribution in [0.2, 0.25) is 0 Å². The van der Waals surface area contributed by atoms with Gasteiger partial charge in [-0.05, 0) is 36.1 Å². The lowest BCUT2D eigenvalue weighted by atomic mass is 9.69. The van der Waals surface area contributed by atoms with E-state index in [-0.39, 0.29) is 5.41 Å². The second-order valence-corrected chi connectivity index (χ2v) is 5.40. The number of aliphatic hydroxyl groups excluding tert-OH is 1. The molecule has 2 aromatic carbocycles. The summed E-state index contributed by atoms with van der Waals surface area (Å²) in [6.07, 6.45) is 1.25. The number of aliphatic hydroxyl groups is 1. The zero-order valence-corrected chi connectivity index (χ0v) is 13.0. The van der Waals surface area contributed by atoms with Crippen LogP contribution in [0.1, 0.15) is 43.9 Å². The van der Waals surface area contributed by atoms with Gasteiger partial charge in [0, 0.05) is 5.41 Å². The summed E-state index contributed by atoms with van der Waals surface area (Å²) in [5, 5.41) is 11.0. The van der Waals surface area contributed by atoms with Gasteiger partial charge in [0.2, 0.25) is 0 Å². The highest BCUT2D eigenvalue weighted by Gasteiger charge is 2.37. The zero-order chi connectivity index (χ0) is 15.3. The molecule has 2 nitrogen and oxygen atoms in total. The topological polar surface area (TPSA) is 29.5 Å². The maximum Gasteiger partial charge on any atom is 0.118 e. The summed E-state index contributed by atoms with van der Waals surface area (Å²) in [4.78, 5) is 0. The summed E-state index contributed by atoms with van der Waals surface area (Å²) in [6, 6.07) is 18.0. The van der Waals surface area contributed by atoms with Gasteiger partial charge in [0.05, 0.1) is 13.2 Å². The quantitative estimate of drug-likeness (QED) is 0.847. The van der Waals surface area contributed by atoms with E-state index in [9.17, 15) is 5.11 Å². The van der Waals surface area contributed by atoms with Crippen molar-refractivity contribution in [1.82, 2.24) is 0 Å². The minimum atomic E-state index is -0.527. The molecular weight excluding hydrogens is 260 g/mol. The summed E-state index contributed by atoms with van der Waals surface area (Å²) >= 11 is 0. The van der Waals surface area contributed by atoms with Gasteiger partial charge in [-0.3, -0.25) is 0 Å². The summed E-state index contributed by atoms with van der Waals surface area (Å²) in [7, 11) is 1.65. The first-order chi connectivity index (χ1) is 10.2. The van der Waals surface area contributed by atoms with Crippen LogP contribution in [0, 0.1) is 0 Å². The lowest BCUT2D eigenvalue weighted by Crippen LogP contribution is -2.32. The van der Waals surface area contributed by atoms with Gasteiger partial charge in [-0.15, -0.1) is 0 Å². The van der Waals surface area contributed by atoms with Gasteiger partial charge in [-0.25, -0.2) is 0 Å². The third kappa shape index (κ3) is 2.96. The molecule has 2 aromatic rings. The van der Waals surface area contributed by atoms with Crippen molar-refractivity contribution in [3.63, 3.8) is 0 Å². The van der Waals surface area contributed by atoms with Crippen molar-refractivity contribution in [2.45, 2.75) is 38.2 Å². The molecule has 1 atom stereocenters. The molecule has 0 fully saturated rings. The van der Waals surface area contributed by atoms with Gasteiger partial charge in [0.1, 0.15) is 5.75 Å². The highest BCUT2D eigenvalue weighted by atomic mass is 16.5. The Morgan fingerprint density at radius 3 is 2.00 bits per heavy atom. The molecular formula is C19H24O2. The van der Waals surface area contributed by atoms with E-state index in [0.29, 0.717) is 0 Å². The number of rotatable bonds is 6. The van der Waals surface area contributed by atoms with Crippen LogP contribution in [0.3, 0.4) is 0 Å². The summed E-state index contributed by atoms with van der Waals surface area (Å²) in [5.74, 6) is 0.809. The predicted molar refractivity (Wildman–Crippen MR) is 86.7 cm³/mol. The minimum Gasteiger partial charge on any atom is -0.497 e. The molecule has 0 aliphatic rings. The minimum absolute atomic E-state index is 0.254. The molecule has 2 rings (SSSR count). The SMILES string of the molecule is CCC(CC)(c1ccccc1)C(O)c1ccc(OC)cc1. The van der Waals surface area contributed by atoms with Crippen LogP contribution in [-0.4, -0.2) is 12.2 Å². The lowest BCUT2D eigenvalue weighted by Gasteiger charge is -2.37. The van der Waals surface area contributed by atoms with Crippen LogP contribution in [0.5, 0.6) is 5.75 Å². The fraction of sp³-hybridized carbons (Fsp3) is 0.368. The van der Waals surface area contributed by atoms with Crippen LogP contribution in [0.25, 0.3) is 0 Å². The summed E-state index contributed by atoms with van der Waals surface area (Å²) in [6.45, 7) is 4.28. The molecule has 0 aliphatic carbocycles. The number of benzene rings is 2. The van der Waals surface area contributed by atoms with E-state index in [1.54, 1.807) is 7.11 Å². The molecule has 0 radical (unpaired) electrons. The number of hydrogen-bond donors (Lipinski definition) is 1. The number of hydrogen-bond acceptors (Lipinski definition) is 2. The van der Waals surface area contributed by atoms with E-state index in [1.807, 2.05) is 42.5 Å². The Kier molecular flexibility index (Phi) is 5.03. The van der Waals surface area contributed by atoms with Gasteiger partial charge < -0.3 is 9.84 Å². The van der Waals surface area contributed by atoms with Gasteiger partial charge in [-0.2, -0.15) is 0 Å². The molecule has 0 aliphatic heterocycles. The van der Waals surface area contributed by atoms with Crippen molar-refractivity contribution in [1.29, 1.82) is 0 Å². The van der Waals surface area contributed by atoms with Crippen molar-refractivity contribution in [3.05, 3.63) is 65.7 Å². The first-order valence-electron chi connectivity index (χ1n) is 7.55. The van der Waals surface area contributed by atoms with Crippen molar-refractivity contribution >= 4 is 0 Å². The molecule has 0 heterocycles. The normalized spacial score (nSPS) is 13.0. The van der Waals surface area contributed by atoms with E-state index >= 15 is 0 Å². The Hall–Kier alpha value is -1.80. The van der Waals surface area contributed by atoms with Crippen LogP contribution in [-0.2, 0) is 5.41 Å². The fourth-order valence-electron chi connectivity index (χ4n) is 3.08. The number of methoxy groups -OCH3 is 1. The molecule has 21 heavy (non-hydrogen) atoms. The Labute approximate surface area is 127 Å². The van der Waals surface area contributed by atoms with Gasteiger partial charge in [0.25, 0.3) is 0 Å². The second-order valence-electron chi connectivity index (χ2n) is 5.40. The smallest absolute Gasteiger partial charge is 0.118 e. The van der Waals surface area contributed by atoms with E-state index in [4.69, 9.17) is 4.74 Å². The largest absolute Gasteiger partial charge is 0.497 e. The summed E-state index contributed by atoms with van der Waals surface area (Å²) < 4.78 is 5.19. The van der Waals surface area contributed by atoms with Gasteiger partial charge in [0.15, 0.2) is 0 Å². The molecule has 112 valence electrons. The van der Waals surface area contributed by atoms with Crippen LogP contribution in [0.4, 0.5) is 0 Å². The maximum atomic E-state index is 11.0. The second kappa shape index (κ2) is 6.77. The van der Waals surface area contributed by atoms with Gasteiger partial charge in [-0.1, -0.05) is 56.3 Å². The van der Waals surface area contributed by atoms with E-state index in [1.165, 1.54) is 5.56 Å². The van der Waals surface area contributed by atoms with Gasteiger partial charge >= 0.3 is 0 Å². The standard InChI is InChI=1S/C19H24O2/c1-4-19(5-2,16-9-7-6-8-10-16)18(20)15-11-13-17(21-3)14-12-15/h6-14,18,20H,4-5H2,1-3H3. The summed E-state index contributed by atoms with van der Waals surface area (Å²) in [5.41, 5.74) is 1.87. The Morgan fingerprint density at radius 1 is 0.952 bits per heavy atom. The molecule has 0 saturated carbocycles. The average Bonchev–Trinajstić information content (AvgIpc) is 2.57. The molecule has 2 heteroatoms. The molecule has 0 aromatic heterocycles. The molecule has 0 amide bonds. The van der Waals surface area contributed by atoms with Crippen molar-refractivity contribution in [2.75, 3.05) is 7.11 Å². The van der Waals surface area contributed by atoms with Crippen LogP contribution in [0.15, 0.2) is 54.6 Å². The van der Waals surface area contributed by atoms with Crippen LogP contribution < -0.4 is 4.74 Å². The Morgan fingerprint density at radius 2 is 1.52 bits per heavy atom. The average molecular weight is 284 g/mol. The maximum absolute atomic E-state index is 11.0. The molecule has 1 unspecified atom stereocenters. The predicted octanol–water partition coefficient (Wildman–Crippen LogP) is 4.49. The fourth-order valence-corrected chi connectivity index (χ4v) is 3.08. The Balaban J connectivity index is 2.41. The molecule has 0 spiro atoms. The van der Waals surface area contributed by atoms with E-state index < -0.39 is 6.10 Å². The van der Waals surface area contributed by atoms with Crippen LogP contribution >= 0.6 is 0 Å². The van der Waals surface area contributed by atoms with Crippen molar-refractivity contribution < 1.29 is 9.84 Å². The number of ether oxygens (including phenoxy) is 1.